The van der Waals surface area contributed by atoms with Crippen LogP contribution in [-0.2, 0) is 6.61 Å². The van der Waals surface area contributed by atoms with Gasteiger partial charge in [-0.2, -0.15) is 0 Å². The normalized spacial score (nSPS) is 10.3. The number of para-hydroxylation sites is 1. The van der Waals surface area contributed by atoms with Crippen LogP contribution < -0.4 is 14.8 Å². The van der Waals surface area contributed by atoms with Gasteiger partial charge in [-0.15, -0.1) is 0 Å². The van der Waals surface area contributed by atoms with Gasteiger partial charge in [0.05, 0.1) is 12.8 Å². The van der Waals surface area contributed by atoms with Gasteiger partial charge in [0.25, 0.3) is 5.91 Å². The minimum absolute atomic E-state index is 0.0979. The number of nitrogens with one attached hydrogen (secondary N) is 1. The van der Waals surface area contributed by atoms with Gasteiger partial charge in [-0.25, -0.2) is 8.78 Å². The third-order valence-corrected chi connectivity index (χ3v) is 3.86. The van der Waals surface area contributed by atoms with Gasteiger partial charge in [-0.1, -0.05) is 18.2 Å². The van der Waals surface area contributed by atoms with Crippen molar-refractivity contribution in [3.63, 3.8) is 0 Å². The van der Waals surface area contributed by atoms with E-state index in [1.807, 2.05) is 30.3 Å². The first-order valence-corrected chi connectivity index (χ1v) is 8.18. The summed E-state index contributed by atoms with van der Waals surface area (Å²) in [6, 6.07) is 17.0. The van der Waals surface area contributed by atoms with Crippen LogP contribution in [-0.4, -0.2) is 13.0 Å². The molecule has 0 aliphatic rings. The quantitative estimate of drug-likeness (QED) is 0.679. The van der Waals surface area contributed by atoms with Crippen LogP contribution in [0.4, 0.5) is 14.5 Å². The molecule has 3 aromatic rings. The molecular formula is C21H17F2NO3. The van der Waals surface area contributed by atoms with Crippen LogP contribution in [0.25, 0.3) is 0 Å². The van der Waals surface area contributed by atoms with Gasteiger partial charge in [0.1, 0.15) is 29.7 Å². The Morgan fingerprint density at radius 1 is 1.00 bits per heavy atom. The fourth-order valence-electron chi connectivity index (χ4n) is 2.50. The molecule has 0 saturated carbocycles. The average molecular weight is 369 g/mol. The molecule has 0 heterocycles. The van der Waals surface area contributed by atoms with Crippen LogP contribution in [0, 0.1) is 11.6 Å². The largest absolute Gasteiger partial charge is 0.496 e. The molecular weight excluding hydrogens is 352 g/mol. The molecule has 3 aromatic carbocycles. The molecule has 0 radical (unpaired) electrons. The molecule has 4 nitrogen and oxygen atoms in total. The number of rotatable bonds is 6. The number of carbonyl (C=O) groups is 1. The number of halogens is 2. The van der Waals surface area contributed by atoms with E-state index in [4.69, 9.17) is 9.47 Å². The first kappa shape index (κ1) is 18.4. The molecule has 0 fully saturated rings. The molecule has 27 heavy (non-hydrogen) atoms. The summed E-state index contributed by atoms with van der Waals surface area (Å²) in [5, 5.41) is 2.43. The molecule has 0 aliphatic heterocycles. The lowest BCUT2D eigenvalue weighted by Crippen LogP contribution is -2.14. The number of benzene rings is 3. The highest BCUT2D eigenvalue weighted by atomic mass is 19.1. The molecule has 3 rings (SSSR count). The van der Waals surface area contributed by atoms with Crippen LogP contribution >= 0.6 is 0 Å². The van der Waals surface area contributed by atoms with Gasteiger partial charge in [0.2, 0.25) is 0 Å². The van der Waals surface area contributed by atoms with Gasteiger partial charge in [0, 0.05) is 17.2 Å². The average Bonchev–Trinajstić information content (AvgIpc) is 2.69. The van der Waals surface area contributed by atoms with Gasteiger partial charge in [-0.3, -0.25) is 4.79 Å². The van der Waals surface area contributed by atoms with Gasteiger partial charge in [0.15, 0.2) is 0 Å². The highest BCUT2D eigenvalue weighted by Crippen LogP contribution is 2.23. The summed E-state index contributed by atoms with van der Waals surface area (Å²) in [5.74, 6) is -0.831. The highest BCUT2D eigenvalue weighted by molar-refractivity contribution is 6.04. The van der Waals surface area contributed by atoms with Crippen molar-refractivity contribution >= 4 is 11.6 Å². The van der Waals surface area contributed by atoms with E-state index in [9.17, 15) is 13.6 Å². The van der Waals surface area contributed by atoms with E-state index in [2.05, 4.69) is 5.32 Å². The standard InChI is InChI=1S/C21H17F2NO3/c1-26-20-10-7-14(11-15(20)13-27-17-5-3-2-4-6-17)21(25)24-19-9-8-16(22)12-18(19)23/h2-12H,13H2,1H3,(H,24,25). The Morgan fingerprint density at radius 2 is 1.78 bits per heavy atom. The zero-order chi connectivity index (χ0) is 19.2. The van der Waals surface area contributed by atoms with Gasteiger partial charge in [-0.05, 0) is 42.5 Å². The number of amides is 1. The minimum Gasteiger partial charge on any atom is -0.496 e. The van der Waals surface area contributed by atoms with E-state index < -0.39 is 17.5 Å². The zero-order valence-electron chi connectivity index (χ0n) is 14.5. The number of anilines is 1. The first-order chi connectivity index (χ1) is 13.1. The van der Waals surface area contributed by atoms with Crippen molar-refractivity contribution in [1.82, 2.24) is 0 Å². The molecule has 1 amide bonds. The van der Waals surface area contributed by atoms with Crippen molar-refractivity contribution in [3.05, 3.63) is 89.5 Å². The maximum atomic E-state index is 13.7. The highest BCUT2D eigenvalue weighted by Gasteiger charge is 2.13. The number of ether oxygens (including phenoxy) is 2. The molecule has 0 saturated heterocycles. The van der Waals surface area contributed by atoms with Gasteiger partial charge < -0.3 is 14.8 Å². The lowest BCUT2D eigenvalue weighted by Gasteiger charge is -2.12. The third kappa shape index (κ3) is 4.61. The van der Waals surface area contributed by atoms with Crippen molar-refractivity contribution in [1.29, 1.82) is 0 Å². The summed E-state index contributed by atoms with van der Waals surface area (Å²) in [6.07, 6.45) is 0. The minimum atomic E-state index is -0.843. The van der Waals surface area contributed by atoms with Crippen molar-refractivity contribution in [2.24, 2.45) is 0 Å². The van der Waals surface area contributed by atoms with E-state index in [0.717, 1.165) is 6.07 Å². The summed E-state index contributed by atoms with van der Waals surface area (Å²) in [7, 11) is 1.52. The Bertz CT molecular complexity index is 945. The molecule has 0 aromatic heterocycles. The second kappa shape index (κ2) is 8.31. The third-order valence-electron chi connectivity index (χ3n) is 3.86. The Labute approximate surface area is 155 Å². The zero-order valence-corrected chi connectivity index (χ0v) is 14.5. The lowest BCUT2D eigenvalue weighted by atomic mass is 10.1. The molecule has 0 aliphatic carbocycles. The van der Waals surface area contributed by atoms with Crippen LogP contribution in [0.3, 0.4) is 0 Å². The number of hydrogen-bond acceptors (Lipinski definition) is 3. The Hall–Kier alpha value is -3.41. The summed E-state index contributed by atoms with van der Waals surface area (Å²) < 4.78 is 37.7. The Morgan fingerprint density at radius 3 is 2.48 bits per heavy atom. The van der Waals surface area contributed by atoms with Crippen molar-refractivity contribution in [3.8, 4) is 11.5 Å². The van der Waals surface area contributed by atoms with E-state index >= 15 is 0 Å². The van der Waals surface area contributed by atoms with E-state index in [0.29, 0.717) is 28.7 Å². The summed E-state index contributed by atoms with van der Waals surface area (Å²) in [4.78, 5) is 12.4. The fraction of sp³-hybridized carbons (Fsp3) is 0.0952. The predicted octanol–water partition coefficient (Wildman–Crippen LogP) is 4.80. The summed E-state index contributed by atoms with van der Waals surface area (Å²) in [6.45, 7) is 0.194. The Balaban J connectivity index is 1.78. The van der Waals surface area contributed by atoms with E-state index in [1.54, 1.807) is 18.2 Å². The first-order valence-electron chi connectivity index (χ1n) is 8.18. The molecule has 138 valence electrons. The van der Waals surface area contributed by atoms with Crippen LogP contribution in [0.2, 0.25) is 0 Å². The second-order valence-electron chi connectivity index (χ2n) is 5.71. The molecule has 0 unspecified atom stereocenters. The van der Waals surface area contributed by atoms with Gasteiger partial charge >= 0.3 is 0 Å². The van der Waals surface area contributed by atoms with Crippen LogP contribution in [0.15, 0.2) is 66.7 Å². The summed E-state index contributed by atoms with van der Waals surface area (Å²) in [5.41, 5.74) is 0.860. The van der Waals surface area contributed by atoms with Crippen molar-refractivity contribution < 1.29 is 23.0 Å². The van der Waals surface area contributed by atoms with E-state index in [-0.39, 0.29) is 12.3 Å². The molecule has 1 N–H and O–H groups in total. The molecule has 0 atom stereocenters. The smallest absolute Gasteiger partial charge is 0.255 e. The number of hydrogen-bond donors (Lipinski definition) is 1. The fourth-order valence-corrected chi connectivity index (χ4v) is 2.50. The molecule has 0 spiro atoms. The number of methoxy groups -OCH3 is 1. The van der Waals surface area contributed by atoms with Crippen molar-refractivity contribution in [2.45, 2.75) is 6.61 Å². The monoisotopic (exact) mass is 369 g/mol. The predicted molar refractivity (Wildman–Crippen MR) is 98.1 cm³/mol. The molecule has 0 bridgehead atoms. The lowest BCUT2D eigenvalue weighted by molar-refractivity contribution is 0.102. The van der Waals surface area contributed by atoms with Crippen LogP contribution in [0.5, 0.6) is 11.5 Å². The van der Waals surface area contributed by atoms with E-state index in [1.165, 1.54) is 13.2 Å². The topological polar surface area (TPSA) is 47.6 Å². The maximum Gasteiger partial charge on any atom is 0.255 e. The Kier molecular flexibility index (Phi) is 5.66. The number of carbonyl (C=O) groups excluding carboxylic acids is 1. The molecule has 6 heteroatoms. The SMILES string of the molecule is COc1ccc(C(=O)Nc2ccc(F)cc2F)cc1COc1ccccc1. The van der Waals surface area contributed by atoms with Crippen LogP contribution in [0.1, 0.15) is 15.9 Å². The van der Waals surface area contributed by atoms with Crippen molar-refractivity contribution in [2.75, 3.05) is 12.4 Å². The second-order valence-corrected chi connectivity index (χ2v) is 5.71. The summed E-state index contributed by atoms with van der Waals surface area (Å²) >= 11 is 0. The maximum absolute atomic E-state index is 13.7.